The second kappa shape index (κ2) is 8.57. The zero-order chi connectivity index (χ0) is 21.1. The van der Waals surface area contributed by atoms with Crippen LogP contribution in [-0.2, 0) is 23.2 Å². The van der Waals surface area contributed by atoms with Crippen LogP contribution in [0.25, 0.3) is 11.0 Å². The van der Waals surface area contributed by atoms with Crippen molar-refractivity contribution in [1.82, 2.24) is 10.2 Å². The van der Waals surface area contributed by atoms with Gasteiger partial charge < -0.3 is 14.5 Å². The molecule has 2 heterocycles. The van der Waals surface area contributed by atoms with Gasteiger partial charge in [0.15, 0.2) is 0 Å². The Bertz CT molecular complexity index is 1200. The first kappa shape index (κ1) is 20.5. The summed E-state index contributed by atoms with van der Waals surface area (Å²) in [5.74, 6) is 0.556. The third-order valence-corrected chi connectivity index (χ3v) is 5.99. The summed E-state index contributed by atoms with van der Waals surface area (Å²) in [5.41, 5.74) is 1.82. The maximum atomic E-state index is 12.1. The van der Waals surface area contributed by atoms with Crippen LogP contribution in [0.1, 0.15) is 11.1 Å². The minimum atomic E-state index is -3.72. The largest absolute Gasteiger partial charge is 0.489 e. The maximum absolute atomic E-state index is 12.1. The number of primary sulfonamides is 1. The molecule has 0 aliphatic carbocycles. The van der Waals surface area contributed by atoms with Gasteiger partial charge in [-0.2, -0.15) is 0 Å². The molecule has 2 aromatic carbocycles. The molecule has 1 aliphatic heterocycles. The lowest BCUT2D eigenvalue weighted by Crippen LogP contribution is -2.43. The molecule has 0 amide bonds. The second-order valence-corrected chi connectivity index (χ2v) is 8.81. The van der Waals surface area contributed by atoms with Gasteiger partial charge >= 0.3 is 5.63 Å². The van der Waals surface area contributed by atoms with Crippen LogP contribution >= 0.6 is 0 Å². The van der Waals surface area contributed by atoms with E-state index in [-0.39, 0.29) is 17.1 Å². The molecule has 0 radical (unpaired) electrons. The average molecular weight is 429 g/mol. The lowest BCUT2D eigenvalue weighted by Gasteiger charge is -2.27. The molecular weight excluding hydrogens is 406 g/mol. The van der Waals surface area contributed by atoms with Crippen molar-refractivity contribution >= 4 is 21.0 Å². The molecule has 1 fully saturated rings. The van der Waals surface area contributed by atoms with Crippen LogP contribution in [0.2, 0.25) is 0 Å². The van der Waals surface area contributed by atoms with Gasteiger partial charge in [0.05, 0.1) is 4.90 Å². The maximum Gasteiger partial charge on any atom is 0.336 e. The minimum absolute atomic E-state index is 0.0516. The molecule has 3 aromatic rings. The molecule has 1 aliphatic rings. The van der Waals surface area contributed by atoms with Crippen molar-refractivity contribution in [3.63, 3.8) is 0 Å². The van der Waals surface area contributed by atoms with Crippen LogP contribution < -0.4 is 20.8 Å². The minimum Gasteiger partial charge on any atom is -0.489 e. The Morgan fingerprint density at radius 2 is 1.80 bits per heavy atom. The lowest BCUT2D eigenvalue weighted by molar-refractivity contribution is 0.233. The van der Waals surface area contributed by atoms with E-state index in [2.05, 4.69) is 10.2 Å². The molecule has 0 unspecified atom stereocenters. The van der Waals surface area contributed by atoms with Gasteiger partial charge in [-0.1, -0.05) is 12.1 Å². The smallest absolute Gasteiger partial charge is 0.336 e. The van der Waals surface area contributed by atoms with E-state index < -0.39 is 10.0 Å². The van der Waals surface area contributed by atoms with Gasteiger partial charge in [0.25, 0.3) is 0 Å². The summed E-state index contributed by atoms with van der Waals surface area (Å²) in [7, 11) is -3.72. The van der Waals surface area contributed by atoms with E-state index in [0.29, 0.717) is 17.9 Å². The predicted octanol–water partition coefficient (Wildman–Crippen LogP) is 1.42. The highest BCUT2D eigenvalue weighted by atomic mass is 32.2. The zero-order valence-corrected chi connectivity index (χ0v) is 17.2. The highest BCUT2D eigenvalue weighted by molar-refractivity contribution is 7.89. The Hall–Kier alpha value is -2.72. The number of benzene rings is 2. The van der Waals surface area contributed by atoms with Crippen LogP contribution in [0, 0.1) is 0 Å². The van der Waals surface area contributed by atoms with E-state index in [4.69, 9.17) is 14.3 Å². The molecule has 158 valence electrons. The highest BCUT2D eigenvalue weighted by Gasteiger charge is 2.14. The average Bonchev–Trinajstić information content (AvgIpc) is 2.72. The standard InChI is InChI=1S/C21H23N3O5S/c22-30(26,27)18-4-1-15(2-5-18)14-28-17-3-6-19-16(11-21(25)29-20(19)12-17)13-24-9-7-23-8-10-24/h1-6,11-12,23H,7-10,13-14H2,(H2,22,26,27). The summed E-state index contributed by atoms with van der Waals surface area (Å²) >= 11 is 0. The second-order valence-electron chi connectivity index (χ2n) is 7.25. The van der Waals surface area contributed by atoms with Gasteiger partial charge in [-0.3, -0.25) is 4.90 Å². The van der Waals surface area contributed by atoms with Gasteiger partial charge in [0, 0.05) is 50.2 Å². The normalized spacial score (nSPS) is 15.4. The number of hydrogen-bond acceptors (Lipinski definition) is 7. The number of nitrogens with two attached hydrogens (primary N) is 1. The molecule has 1 aromatic heterocycles. The fourth-order valence-electron chi connectivity index (χ4n) is 3.48. The van der Waals surface area contributed by atoms with Crippen molar-refractivity contribution < 1.29 is 17.6 Å². The molecule has 0 bridgehead atoms. The fourth-order valence-corrected chi connectivity index (χ4v) is 4.00. The van der Waals surface area contributed by atoms with Crippen LogP contribution in [0.3, 0.4) is 0 Å². The molecule has 9 heteroatoms. The number of rotatable bonds is 6. The van der Waals surface area contributed by atoms with Gasteiger partial charge in [0.2, 0.25) is 10.0 Å². The third kappa shape index (κ3) is 4.88. The van der Waals surface area contributed by atoms with Crippen molar-refractivity contribution in [2.75, 3.05) is 26.2 Å². The molecule has 0 atom stereocenters. The summed E-state index contributed by atoms with van der Waals surface area (Å²) in [6.07, 6.45) is 0. The quantitative estimate of drug-likeness (QED) is 0.570. The first-order valence-corrected chi connectivity index (χ1v) is 11.2. The molecular formula is C21H23N3O5S. The zero-order valence-electron chi connectivity index (χ0n) is 16.3. The van der Waals surface area contributed by atoms with E-state index in [1.807, 2.05) is 12.1 Å². The summed E-state index contributed by atoms with van der Waals surface area (Å²) in [5, 5.41) is 9.31. The van der Waals surface area contributed by atoms with E-state index in [9.17, 15) is 13.2 Å². The number of piperazine rings is 1. The molecule has 30 heavy (non-hydrogen) atoms. The molecule has 4 rings (SSSR count). The monoisotopic (exact) mass is 429 g/mol. The number of hydrogen-bond donors (Lipinski definition) is 2. The predicted molar refractivity (Wildman–Crippen MR) is 113 cm³/mol. The first-order chi connectivity index (χ1) is 14.4. The highest BCUT2D eigenvalue weighted by Crippen LogP contribution is 2.24. The molecule has 3 N–H and O–H groups in total. The topological polar surface area (TPSA) is 115 Å². The number of sulfonamides is 1. The summed E-state index contributed by atoms with van der Waals surface area (Å²) in [6.45, 7) is 4.69. The van der Waals surface area contributed by atoms with Crippen molar-refractivity contribution in [3.8, 4) is 5.75 Å². The molecule has 1 saturated heterocycles. The van der Waals surface area contributed by atoms with Crippen molar-refractivity contribution in [3.05, 3.63) is 70.1 Å². The Balaban J connectivity index is 1.51. The Morgan fingerprint density at radius 1 is 1.07 bits per heavy atom. The molecule has 0 saturated carbocycles. The Kier molecular flexibility index (Phi) is 5.87. The van der Waals surface area contributed by atoms with Gasteiger partial charge in [-0.05, 0) is 35.4 Å². The van der Waals surface area contributed by atoms with Crippen molar-refractivity contribution in [1.29, 1.82) is 0 Å². The summed E-state index contributed by atoms with van der Waals surface area (Å²) < 4.78 is 33.9. The van der Waals surface area contributed by atoms with Crippen molar-refractivity contribution in [2.45, 2.75) is 18.0 Å². The molecule has 0 spiro atoms. The SMILES string of the molecule is NS(=O)(=O)c1ccc(COc2ccc3c(CN4CCNCC4)cc(=O)oc3c2)cc1. The van der Waals surface area contributed by atoms with E-state index >= 15 is 0 Å². The number of ether oxygens (including phenoxy) is 1. The van der Waals surface area contributed by atoms with Crippen LogP contribution in [0.15, 0.2) is 62.6 Å². The van der Waals surface area contributed by atoms with Gasteiger partial charge in [-0.25, -0.2) is 18.4 Å². The van der Waals surface area contributed by atoms with Crippen molar-refractivity contribution in [2.24, 2.45) is 5.14 Å². The Labute approximate surface area is 174 Å². The number of nitrogens with zero attached hydrogens (tertiary/aromatic N) is 1. The van der Waals surface area contributed by atoms with E-state index in [1.165, 1.54) is 12.1 Å². The number of nitrogens with one attached hydrogen (secondary N) is 1. The van der Waals surface area contributed by atoms with E-state index in [1.54, 1.807) is 24.3 Å². The lowest BCUT2D eigenvalue weighted by atomic mass is 10.1. The first-order valence-electron chi connectivity index (χ1n) is 9.63. The summed E-state index contributed by atoms with van der Waals surface area (Å²) in [4.78, 5) is 14.4. The fraction of sp³-hybridized carbons (Fsp3) is 0.286. The Morgan fingerprint density at radius 3 is 2.50 bits per heavy atom. The number of fused-ring (bicyclic) bond motifs is 1. The molecule has 8 nitrogen and oxygen atoms in total. The summed E-state index contributed by atoms with van der Waals surface area (Å²) in [6, 6.07) is 13.2. The van der Waals surface area contributed by atoms with E-state index in [0.717, 1.165) is 42.7 Å². The van der Waals surface area contributed by atoms with Crippen LogP contribution in [-0.4, -0.2) is 39.5 Å². The van der Waals surface area contributed by atoms with Crippen LogP contribution in [0.4, 0.5) is 0 Å². The third-order valence-electron chi connectivity index (χ3n) is 5.06. The van der Waals surface area contributed by atoms with Gasteiger partial charge in [-0.15, -0.1) is 0 Å². The van der Waals surface area contributed by atoms with Gasteiger partial charge in [0.1, 0.15) is 17.9 Å². The van der Waals surface area contributed by atoms with Crippen LogP contribution in [0.5, 0.6) is 5.75 Å².